The average molecular weight is 468 g/mol. The molecule has 0 spiro atoms. The Labute approximate surface area is 196 Å². The Morgan fingerprint density at radius 3 is 2.06 bits per heavy atom. The van der Waals surface area contributed by atoms with E-state index in [9.17, 15) is 4.79 Å². The molecule has 0 atom stereocenters. The van der Waals surface area contributed by atoms with Crippen LogP contribution < -0.4 is 10.6 Å². The van der Waals surface area contributed by atoms with Gasteiger partial charge in [0.05, 0.1) is 11.3 Å². The number of hydrogen-bond acceptors (Lipinski definition) is 4. The summed E-state index contributed by atoms with van der Waals surface area (Å²) in [6.07, 6.45) is 3.35. The molecule has 0 amide bonds. The molecular formula is C24H23Cl2N5O. The molecular weight excluding hydrogens is 445 g/mol. The van der Waals surface area contributed by atoms with Crippen LogP contribution in [0, 0.1) is 0 Å². The van der Waals surface area contributed by atoms with Gasteiger partial charge in [-0.05, 0) is 56.0 Å². The van der Waals surface area contributed by atoms with Crippen molar-refractivity contribution in [1.82, 2.24) is 19.2 Å². The molecule has 0 N–H and O–H groups in total. The van der Waals surface area contributed by atoms with E-state index >= 15 is 0 Å². The third kappa shape index (κ3) is 3.67. The molecule has 1 aliphatic rings. The van der Waals surface area contributed by atoms with E-state index in [1.807, 2.05) is 55.5 Å². The van der Waals surface area contributed by atoms with E-state index in [1.165, 1.54) is 11.1 Å². The molecule has 0 saturated carbocycles. The molecule has 164 valence electrons. The van der Waals surface area contributed by atoms with E-state index in [2.05, 4.69) is 4.90 Å². The van der Waals surface area contributed by atoms with Gasteiger partial charge in [0.2, 0.25) is 5.95 Å². The number of rotatable bonds is 4. The average Bonchev–Trinajstić information content (AvgIpc) is 3.16. The second-order valence-electron chi connectivity index (χ2n) is 7.95. The number of halogens is 2. The van der Waals surface area contributed by atoms with Crippen molar-refractivity contribution in [3.8, 4) is 22.4 Å². The molecule has 4 aromatic rings. The van der Waals surface area contributed by atoms with Crippen molar-refractivity contribution in [3.05, 3.63) is 69.1 Å². The Bertz CT molecular complexity index is 1320. The van der Waals surface area contributed by atoms with E-state index in [-0.39, 0.29) is 5.69 Å². The minimum absolute atomic E-state index is 0.173. The van der Waals surface area contributed by atoms with Gasteiger partial charge in [0.1, 0.15) is 0 Å². The van der Waals surface area contributed by atoms with Gasteiger partial charge in [-0.2, -0.15) is 0 Å². The van der Waals surface area contributed by atoms with Crippen LogP contribution in [0.2, 0.25) is 10.0 Å². The van der Waals surface area contributed by atoms with Crippen molar-refractivity contribution < 1.29 is 0 Å². The summed E-state index contributed by atoms with van der Waals surface area (Å²) in [6, 6.07) is 15.2. The molecule has 6 nitrogen and oxygen atoms in total. The Kier molecular flexibility index (Phi) is 5.66. The summed E-state index contributed by atoms with van der Waals surface area (Å²) in [4.78, 5) is 20.6. The van der Waals surface area contributed by atoms with Gasteiger partial charge in [-0.1, -0.05) is 47.5 Å². The number of nitrogens with zero attached hydrogens (tertiary/aromatic N) is 5. The predicted molar refractivity (Wildman–Crippen MR) is 130 cm³/mol. The summed E-state index contributed by atoms with van der Waals surface area (Å²) in [6.45, 7) is 4.14. The Hall–Kier alpha value is -2.83. The zero-order chi connectivity index (χ0) is 22.2. The highest BCUT2D eigenvalue weighted by molar-refractivity contribution is 6.31. The van der Waals surface area contributed by atoms with Crippen LogP contribution in [0.3, 0.4) is 0 Å². The minimum atomic E-state index is -0.173. The number of benzene rings is 2. The topological polar surface area (TPSA) is 55.4 Å². The van der Waals surface area contributed by atoms with Gasteiger partial charge >= 0.3 is 5.69 Å². The first-order valence-corrected chi connectivity index (χ1v) is 11.6. The van der Waals surface area contributed by atoms with Gasteiger partial charge < -0.3 is 4.90 Å². The highest BCUT2D eigenvalue weighted by Crippen LogP contribution is 2.36. The zero-order valence-electron chi connectivity index (χ0n) is 17.8. The van der Waals surface area contributed by atoms with E-state index in [4.69, 9.17) is 33.3 Å². The summed E-state index contributed by atoms with van der Waals surface area (Å²) in [5, 5.41) is 6.03. The molecule has 0 bridgehead atoms. The van der Waals surface area contributed by atoms with E-state index in [0.717, 1.165) is 48.3 Å². The van der Waals surface area contributed by atoms with Crippen molar-refractivity contribution in [3.63, 3.8) is 0 Å². The predicted octanol–water partition coefficient (Wildman–Crippen LogP) is 5.54. The van der Waals surface area contributed by atoms with Crippen LogP contribution in [-0.4, -0.2) is 32.3 Å². The lowest BCUT2D eigenvalue weighted by Gasteiger charge is -2.28. The van der Waals surface area contributed by atoms with Crippen LogP contribution in [0.25, 0.3) is 28.0 Å². The molecule has 0 radical (unpaired) electrons. The summed E-state index contributed by atoms with van der Waals surface area (Å²) < 4.78 is 3.16. The second kappa shape index (κ2) is 8.60. The molecule has 0 aliphatic carbocycles. The van der Waals surface area contributed by atoms with E-state index in [0.29, 0.717) is 28.2 Å². The number of anilines is 1. The molecule has 1 fully saturated rings. The summed E-state index contributed by atoms with van der Waals surface area (Å²) in [5.74, 6) is 0.645. The van der Waals surface area contributed by atoms with Gasteiger partial charge in [0, 0.05) is 35.2 Å². The molecule has 0 unspecified atom stereocenters. The quantitative estimate of drug-likeness (QED) is 0.395. The standard InChI is InChI=1S/C24H23Cl2N5O/c1-2-30-24(32)31-22(28-30)20(16-6-10-18(25)11-7-16)21(17-8-12-19(26)13-9-17)27-23(31)29-14-4-3-5-15-29/h6-13H,2-5,14-15H2,1H3. The van der Waals surface area contributed by atoms with Crippen LogP contribution in [0.5, 0.6) is 0 Å². The Morgan fingerprint density at radius 2 is 1.47 bits per heavy atom. The fourth-order valence-corrected chi connectivity index (χ4v) is 4.52. The lowest BCUT2D eigenvalue weighted by Crippen LogP contribution is -2.34. The highest BCUT2D eigenvalue weighted by Gasteiger charge is 2.25. The largest absolute Gasteiger partial charge is 0.353 e. The van der Waals surface area contributed by atoms with E-state index in [1.54, 1.807) is 4.40 Å². The first-order valence-electron chi connectivity index (χ1n) is 10.9. The van der Waals surface area contributed by atoms with Crippen LogP contribution >= 0.6 is 23.2 Å². The lowest BCUT2D eigenvalue weighted by atomic mass is 10.00. The highest BCUT2D eigenvalue weighted by atomic mass is 35.5. The smallest absolute Gasteiger partial charge is 0.342 e. The lowest BCUT2D eigenvalue weighted by molar-refractivity contribution is 0.563. The molecule has 2 aromatic heterocycles. The monoisotopic (exact) mass is 467 g/mol. The Balaban J connectivity index is 1.88. The molecule has 8 heteroatoms. The molecule has 2 aromatic carbocycles. The van der Waals surface area contributed by atoms with Crippen molar-refractivity contribution in [2.24, 2.45) is 0 Å². The van der Waals surface area contributed by atoms with Gasteiger partial charge in [-0.25, -0.2) is 18.9 Å². The number of hydrogen-bond donors (Lipinski definition) is 0. The minimum Gasteiger partial charge on any atom is -0.342 e. The maximum Gasteiger partial charge on any atom is 0.353 e. The number of aryl methyl sites for hydroxylation is 1. The summed E-state index contributed by atoms with van der Waals surface area (Å²) in [5.41, 5.74) is 3.81. The summed E-state index contributed by atoms with van der Waals surface area (Å²) in [7, 11) is 0. The number of fused-ring (bicyclic) bond motifs is 1. The third-order valence-electron chi connectivity index (χ3n) is 5.90. The van der Waals surface area contributed by atoms with Crippen molar-refractivity contribution in [2.45, 2.75) is 32.7 Å². The normalized spacial score (nSPS) is 14.3. The number of piperidine rings is 1. The van der Waals surface area contributed by atoms with Gasteiger partial charge in [-0.15, -0.1) is 5.10 Å². The van der Waals surface area contributed by atoms with Crippen LogP contribution in [-0.2, 0) is 6.54 Å². The molecule has 1 aliphatic heterocycles. The molecule has 5 rings (SSSR count). The third-order valence-corrected chi connectivity index (χ3v) is 6.40. The van der Waals surface area contributed by atoms with Crippen molar-refractivity contribution >= 4 is 34.8 Å². The SMILES string of the molecule is CCn1nc2c(-c3ccc(Cl)cc3)c(-c3ccc(Cl)cc3)nc(N3CCCCC3)n2c1=O. The Morgan fingerprint density at radius 1 is 0.875 bits per heavy atom. The summed E-state index contributed by atoms with van der Waals surface area (Å²) >= 11 is 12.3. The van der Waals surface area contributed by atoms with Gasteiger partial charge in [-0.3, -0.25) is 0 Å². The van der Waals surface area contributed by atoms with Crippen LogP contribution in [0.15, 0.2) is 53.3 Å². The fourth-order valence-electron chi connectivity index (χ4n) is 4.27. The first kappa shape index (κ1) is 21.0. The number of aromatic nitrogens is 4. The van der Waals surface area contributed by atoms with Crippen LogP contribution in [0.4, 0.5) is 5.95 Å². The molecule has 3 heterocycles. The first-order chi connectivity index (χ1) is 15.6. The maximum absolute atomic E-state index is 13.3. The second-order valence-corrected chi connectivity index (χ2v) is 8.83. The molecule has 32 heavy (non-hydrogen) atoms. The van der Waals surface area contributed by atoms with Crippen LogP contribution in [0.1, 0.15) is 26.2 Å². The van der Waals surface area contributed by atoms with Crippen molar-refractivity contribution in [2.75, 3.05) is 18.0 Å². The van der Waals surface area contributed by atoms with E-state index < -0.39 is 0 Å². The zero-order valence-corrected chi connectivity index (χ0v) is 19.3. The maximum atomic E-state index is 13.3. The van der Waals surface area contributed by atoms with Crippen molar-refractivity contribution in [1.29, 1.82) is 0 Å². The molecule has 1 saturated heterocycles. The fraction of sp³-hybridized carbons (Fsp3) is 0.292. The van der Waals surface area contributed by atoms with Gasteiger partial charge in [0.25, 0.3) is 0 Å². The van der Waals surface area contributed by atoms with Gasteiger partial charge in [0.15, 0.2) is 5.65 Å².